The van der Waals surface area contributed by atoms with Crippen molar-refractivity contribution in [3.05, 3.63) is 27.8 Å². The van der Waals surface area contributed by atoms with Crippen LogP contribution in [-0.2, 0) is 0 Å². The molecule has 1 saturated carbocycles. The topological polar surface area (TPSA) is 121 Å². The van der Waals surface area contributed by atoms with Gasteiger partial charge in [0.25, 0.3) is 0 Å². The largest absolute Gasteiger partial charge is 0.504 e. The van der Waals surface area contributed by atoms with Crippen LogP contribution in [0.25, 0.3) is 10.9 Å². The number of benzene rings is 1. The number of phenolic OH excluding ortho intramolecular Hbond substituents is 1. The Morgan fingerprint density at radius 1 is 1.38 bits per heavy atom. The maximum absolute atomic E-state index is 15.2. The number of nitrogens with one attached hydrogen (secondary N) is 1. The highest BCUT2D eigenvalue weighted by molar-refractivity contribution is 6.03. The summed E-state index contributed by atoms with van der Waals surface area (Å²) in [5.41, 5.74) is 4.34. The number of nitrogens with two attached hydrogens (primary N) is 1. The molecule has 2 heterocycles. The summed E-state index contributed by atoms with van der Waals surface area (Å²) in [4.78, 5) is 26.0. The number of pyridine rings is 1. The Labute approximate surface area is 166 Å². The van der Waals surface area contributed by atoms with Crippen molar-refractivity contribution in [1.29, 1.82) is 0 Å². The Bertz CT molecular complexity index is 1050. The number of nitrogens with zero attached hydrogens (tertiary/aromatic N) is 2. The van der Waals surface area contributed by atoms with Crippen LogP contribution in [0, 0.1) is 11.7 Å². The number of carboxylic acid groups (broad SMARTS) is 1. The van der Waals surface area contributed by atoms with E-state index in [2.05, 4.69) is 5.32 Å². The highest BCUT2D eigenvalue weighted by Gasteiger charge is 2.34. The molecular weight excluding hydrogens is 379 g/mol. The fourth-order valence-electron chi connectivity index (χ4n) is 4.21. The molecule has 1 aliphatic heterocycles. The van der Waals surface area contributed by atoms with Gasteiger partial charge in [-0.1, -0.05) is 6.92 Å². The third-order valence-electron chi connectivity index (χ3n) is 5.85. The van der Waals surface area contributed by atoms with Crippen LogP contribution < -0.4 is 21.4 Å². The number of phenols is 1. The van der Waals surface area contributed by atoms with Gasteiger partial charge < -0.3 is 30.7 Å². The number of rotatable bonds is 6. The SMILES string of the molecule is CCNCC1CCN(c2c(F)c(N)c3c(=O)c(C(=O)O)cn(C4CC4)c3c2O)C1. The highest BCUT2D eigenvalue weighted by Crippen LogP contribution is 2.46. The first-order valence-electron chi connectivity index (χ1n) is 9.92. The van der Waals surface area contributed by atoms with Crippen LogP contribution in [-0.4, -0.2) is 46.9 Å². The van der Waals surface area contributed by atoms with Crippen LogP contribution >= 0.6 is 0 Å². The molecule has 9 heteroatoms. The molecule has 1 atom stereocenters. The second-order valence-electron chi connectivity index (χ2n) is 7.87. The molecule has 2 aromatic rings. The molecule has 4 rings (SSSR count). The van der Waals surface area contributed by atoms with Crippen molar-refractivity contribution >= 4 is 28.2 Å². The lowest BCUT2D eigenvalue weighted by Crippen LogP contribution is -2.27. The van der Waals surface area contributed by atoms with E-state index in [1.54, 1.807) is 9.47 Å². The Kier molecular flexibility index (Phi) is 4.85. The molecule has 1 aliphatic carbocycles. The number of fused-ring (bicyclic) bond motifs is 1. The van der Waals surface area contributed by atoms with Crippen molar-refractivity contribution < 1.29 is 19.4 Å². The van der Waals surface area contributed by atoms with Crippen molar-refractivity contribution in [2.45, 2.75) is 32.2 Å². The van der Waals surface area contributed by atoms with Crippen LogP contribution in [0.3, 0.4) is 0 Å². The molecule has 1 aromatic heterocycles. The number of hydrogen-bond donors (Lipinski definition) is 4. The van der Waals surface area contributed by atoms with E-state index in [-0.39, 0.29) is 28.4 Å². The molecule has 156 valence electrons. The fraction of sp³-hybridized carbons (Fsp3) is 0.500. The average molecular weight is 404 g/mol. The maximum Gasteiger partial charge on any atom is 0.341 e. The summed E-state index contributed by atoms with van der Waals surface area (Å²) in [6.45, 7) is 4.78. The van der Waals surface area contributed by atoms with Crippen LogP contribution in [0.15, 0.2) is 11.0 Å². The lowest BCUT2D eigenvalue weighted by atomic mass is 10.1. The Hall–Kier alpha value is -2.81. The lowest BCUT2D eigenvalue weighted by Gasteiger charge is -2.24. The minimum absolute atomic E-state index is 0.00845. The first kappa shape index (κ1) is 19.5. The van der Waals surface area contributed by atoms with E-state index in [1.807, 2.05) is 6.92 Å². The number of aromatic hydroxyl groups is 1. The summed E-state index contributed by atoms with van der Waals surface area (Å²) in [7, 11) is 0. The Morgan fingerprint density at radius 2 is 2.10 bits per heavy atom. The van der Waals surface area contributed by atoms with Gasteiger partial charge >= 0.3 is 5.97 Å². The number of hydrogen-bond acceptors (Lipinski definition) is 6. The molecule has 2 fully saturated rings. The molecular formula is C20H25FN4O4. The van der Waals surface area contributed by atoms with E-state index in [0.29, 0.717) is 19.0 Å². The van der Waals surface area contributed by atoms with Gasteiger partial charge in [0.2, 0.25) is 5.43 Å². The monoisotopic (exact) mass is 404 g/mol. The van der Waals surface area contributed by atoms with Crippen LogP contribution in [0.2, 0.25) is 0 Å². The summed E-state index contributed by atoms with van der Waals surface area (Å²) in [5.74, 6) is -2.32. The smallest absolute Gasteiger partial charge is 0.341 e. The lowest BCUT2D eigenvalue weighted by molar-refractivity contribution is 0.0695. The van der Waals surface area contributed by atoms with Crippen molar-refractivity contribution in [1.82, 2.24) is 9.88 Å². The molecule has 0 amide bonds. The van der Waals surface area contributed by atoms with Crippen molar-refractivity contribution in [2.24, 2.45) is 5.92 Å². The number of carbonyl (C=O) groups is 1. The van der Waals surface area contributed by atoms with Gasteiger partial charge in [0.1, 0.15) is 11.3 Å². The summed E-state index contributed by atoms with van der Waals surface area (Å²) >= 11 is 0. The summed E-state index contributed by atoms with van der Waals surface area (Å²) < 4.78 is 16.8. The van der Waals surface area contributed by atoms with E-state index in [1.165, 1.54) is 6.20 Å². The zero-order valence-electron chi connectivity index (χ0n) is 16.2. The van der Waals surface area contributed by atoms with Gasteiger partial charge in [-0.2, -0.15) is 0 Å². The van der Waals surface area contributed by atoms with Crippen molar-refractivity contribution in [3.8, 4) is 5.75 Å². The van der Waals surface area contributed by atoms with E-state index in [9.17, 15) is 19.8 Å². The average Bonchev–Trinajstić information content (AvgIpc) is 3.43. The van der Waals surface area contributed by atoms with Crippen molar-refractivity contribution in [2.75, 3.05) is 36.8 Å². The molecule has 0 radical (unpaired) electrons. The molecule has 1 unspecified atom stereocenters. The van der Waals surface area contributed by atoms with E-state index < -0.39 is 28.5 Å². The number of nitrogen functional groups attached to an aromatic ring is 1. The normalized spacial score (nSPS) is 19.2. The van der Waals surface area contributed by atoms with E-state index in [0.717, 1.165) is 32.4 Å². The van der Waals surface area contributed by atoms with Gasteiger partial charge in [0.15, 0.2) is 11.6 Å². The molecule has 0 spiro atoms. The minimum atomic E-state index is -1.40. The van der Waals surface area contributed by atoms with Crippen LogP contribution in [0.1, 0.15) is 42.6 Å². The Balaban J connectivity index is 1.90. The maximum atomic E-state index is 15.2. The molecule has 2 aliphatic rings. The highest BCUT2D eigenvalue weighted by atomic mass is 19.1. The summed E-state index contributed by atoms with van der Waals surface area (Å²) in [6, 6.07) is -0.0418. The summed E-state index contributed by atoms with van der Waals surface area (Å²) in [6.07, 6.45) is 3.66. The predicted octanol–water partition coefficient (Wildman–Crippen LogP) is 1.90. The third-order valence-corrected chi connectivity index (χ3v) is 5.85. The standard InChI is InChI=1S/C20H25FN4O4/c1-2-23-7-10-5-6-24(8-10)17-14(21)15(22)13-16(19(17)27)25(11-3-4-11)9-12(18(13)26)20(28)29/h9-11,23,27H,2-8,22H2,1H3,(H,28,29). The number of anilines is 2. The molecule has 1 saturated heterocycles. The predicted molar refractivity (Wildman–Crippen MR) is 108 cm³/mol. The van der Waals surface area contributed by atoms with E-state index in [4.69, 9.17) is 5.73 Å². The number of aromatic nitrogens is 1. The first-order valence-corrected chi connectivity index (χ1v) is 9.92. The van der Waals surface area contributed by atoms with Crippen molar-refractivity contribution in [3.63, 3.8) is 0 Å². The minimum Gasteiger partial charge on any atom is -0.504 e. The van der Waals surface area contributed by atoms with E-state index >= 15 is 4.39 Å². The van der Waals surface area contributed by atoms with Gasteiger partial charge in [0.05, 0.1) is 16.6 Å². The Morgan fingerprint density at radius 3 is 2.72 bits per heavy atom. The number of halogens is 1. The fourth-order valence-corrected chi connectivity index (χ4v) is 4.21. The number of aromatic carboxylic acids is 1. The second kappa shape index (κ2) is 7.22. The third kappa shape index (κ3) is 3.19. The quantitative estimate of drug-likeness (QED) is 0.429. The van der Waals surface area contributed by atoms with Gasteiger partial charge in [-0.05, 0) is 38.3 Å². The molecule has 29 heavy (non-hydrogen) atoms. The summed E-state index contributed by atoms with van der Waals surface area (Å²) in [5, 5.41) is 23.4. The van der Waals surface area contributed by atoms with Crippen LogP contribution in [0.5, 0.6) is 5.75 Å². The first-order chi connectivity index (χ1) is 13.8. The van der Waals surface area contributed by atoms with Gasteiger partial charge in [-0.25, -0.2) is 9.18 Å². The molecule has 5 N–H and O–H groups in total. The second-order valence-corrected chi connectivity index (χ2v) is 7.87. The number of carboxylic acids is 1. The van der Waals surface area contributed by atoms with Gasteiger partial charge in [0, 0.05) is 25.3 Å². The van der Waals surface area contributed by atoms with Gasteiger partial charge in [-0.3, -0.25) is 4.79 Å². The molecule has 0 bridgehead atoms. The van der Waals surface area contributed by atoms with Gasteiger partial charge in [-0.15, -0.1) is 0 Å². The molecule has 8 nitrogen and oxygen atoms in total. The zero-order valence-corrected chi connectivity index (χ0v) is 16.2. The van der Waals surface area contributed by atoms with Crippen LogP contribution in [0.4, 0.5) is 15.8 Å². The zero-order chi connectivity index (χ0) is 20.9. The molecule has 1 aromatic carbocycles.